The van der Waals surface area contributed by atoms with Crippen LogP contribution in [0.3, 0.4) is 0 Å². The molecular weight excluding hydrogens is 255 g/mol. The van der Waals surface area contributed by atoms with Crippen LogP contribution in [0.5, 0.6) is 0 Å². The molecule has 0 fully saturated rings. The molecule has 0 saturated carbocycles. The third-order valence-electron chi connectivity index (χ3n) is 1.98. The molecule has 0 aromatic heterocycles. The fourth-order valence-electron chi connectivity index (χ4n) is 1.25. The Hall–Kier alpha value is -1.80. The van der Waals surface area contributed by atoms with Crippen LogP contribution < -0.4 is 0 Å². The Bertz CT molecular complexity index is 529. The van der Waals surface area contributed by atoms with Gasteiger partial charge in [0.05, 0.1) is 12.2 Å². The van der Waals surface area contributed by atoms with Crippen LogP contribution >= 0.6 is 11.8 Å². The lowest BCUT2D eigenvalue weighted by Crippen LogP contribution is -2.02. The molecule has 3 nitrogen and oxygen atoms in total. The lowest BCUT2D eigenvalue weighted by molar-refractivity contribution is -0.136. The number of halogens is 1. The number of carbonyl (C=O) groups is 2. The molecule has 0 aliphatic heterocycles. The van der Waals surface area contributed by atoms with Crippen molar-refractivity contribution in [3.63, 3.8) is 0 Å². The fourth-order valence-corrected chi connectivity index (χ4v) is 1.60. The Balaban J connectivity index is 2.87. The van der Waals surface area contributed by atoms with Crippen molar-refractivity contribution in [2.24, 2.45) is 0 Å². The Morgan fingerprint density at radius 1 is 1.44 bits per heavy atom. The minimum absolute atomic E-state index is 0.0469. The van der Waals surface area contributed by atoms with Gasteiger partial charge < -0.3 is 5.11 Å². The molecular formula is C13H11FO3S. The SMILES string of the molecule is CC(=O)SCC#Cc1cc(F)ccc1CC(=O)O. The zero-order chi connectivity index (χ0) is 13.5. The van der Waals surface area contributed by atoms with E-state index in [1.54, 1.807) is 0 Å². The zero-order valence-electron chi connectivity index (χ0n) is 9.70. The van der Waals surface area contributed by atoms with Gasteiger partial charge in [0.15, 0.2) is 5.12 Å². The van der Waals surface area contributed by atoms with E-state index in [1.807, 2.05) is 0 Å². The first-order valence-electron chi connectivity index (χ1n) is 5.11. The lowest BCUT2D eigenvalue weighted by atomic mass is 10.0. The van der Waals surface area contributed by atoms with Crippen LogP contribution in [0.15, 0.2) is 18.2 Å². The summed E-state index contributed by atoms with van der Waals surface area (Å²) in [5, 5.41) is 8.67. The van der Waals surface area contributed by atoms with E-state index in [2.05, 4.69) is 11.8 Å². The van der Waals surface area contributed by atoms with Crippen LogP contribution in [-0.4, -0.2) is 21.9 Å². The first-order valence-corrected chi connectivity index (χ1v) is 6.10. The maximum atomic E-state index is 13.0. The highest BCUT2D eigenvalue weighted by Gasteiger charge is 2.06. The molecule has 0 atom stereocenters. The first kappa shape index (κ1) is 14.3. The first-order chi connectivity index (χ1) is 8.49. The molecule has 0 spiro atoms. The van der Waals surface area contributed by atoms with E-state index in [4.69, 9.17) is 5.11 Å². The van der Waals surface area contributed by atoms with E-state index in [-0.39, 0.29) is 11.5 Å². The largest absolute Gasteiger partial charge is 0.481 e. The van der Waals surface area contributed by atoms with Crippen LogP contribution in [0.1, 0.15) is 18.1 Å². The maximum Gasteiger partial charge on any atom is 0.307 e. The molecule has 0 saturated heterocycles. The van der Waals surface area contributed by atoms with Crippen molar-refractivity contribution >= 4 is 22.8 Å². The van der Waals surface area contributed by atoms with Gasteiger partial charge in [-0.05, 0) is 17.7 Å². The van der Waals surface area contributed by atoms with Gasteiger partial charge >= 0.3 is 5.97 Å². The van der Waals surface area contributed by atoms with Crippen LogP contribution in [0.25, 0.3) is 0 Å². The second kappa shape index (κ2) is 6.82. The highest BCUT2D eigenvalue weighted by atomic mass is 32.2. The van der Waals surface area contributed by atoms with E-state index in [0.29, 0.717) is 16.9 Å². The molecule has 0 aliphatic rings. The van der Waals surface area contributed by atoms with Crippen molar-refractivity contribution in [1.29, 1.82) is 0 Å². The summed E-state index contributed by atoms with van der Waals surface area (Å²) in [5.41, 5.74) is 0.811. The van der Waals surface area contributed by atoms with Crippen LogP contribution in [-0.2, 0) is 16.0 Å². The molecule has 0 aliphatic carbocycles. The van der Waals surface area contributed by atoms with Crippen molar-refractivity contribution in [2.45, 2.75) is 13.3 Å². The number of hydrogen-bond acceptors (Lipinski definition) is 3. The summed E-state index contributed by atoms with van der Waals surface area (Å²) in [4.78, 5) is 21.3. The molecule has 1 aromatic rings. The lowest BCUT2D eigenvalue weighted by Gasteiger charge is -2.01. The number of hydrogen-bond donors (Lipinski definition) is 1. The van der Waals surface area contributed by atoms with Gasteiger partial charge in [-0.1, -0.05) is 29.7 Å². The van der Waals surface area contributed by atoms with E-state index in [1.165, 1.54) is 25.1 Å². The standard InChI is InChI=1S/C13H11FO3S/c1-9(15)18-6-2-3-10-7-12(14)5-4-11(10)8-13(16)17/h4-5,7H,6,8H2,1H3,(H,16,17). The minimum Gasteiger partial charge on any atom is -0.481 e. The third-order valence-corrected chi connectivity index (χ3v) is 2.68. The summed E-state index contributed by atoms with van der Waals surface area (Å²) >= 11 is 1.05. The second-order valence-corrected chi connectivity index (χ2v) is 4.61. The van der Waals surface area contributed by atoms with Crippen molar-refractivity contribution in [2.75, 3.05) is 5.75 Å². The van der Waals surface area contributed by atoms with Gasteiger partial charge in [-0.2, -0.15) is 0 Å². The molecule has 0 unspecified atom stereocenters. The van der Waals surface area contributed by atoms with Crippen LogP contribution in [0.2, 0.25) is 0 Å². The summed E-state index contributed by atoms with van der Waals surface area (Å²) in [6, 6.07) is 3.81. The normalized spacial score (nSPS) is 9.44. The van der Waals surface area contributed by atoms with Crippen LogP contribution in [0, 0.1) is 17.7 Å². The molecule has 18 heavy (non-hydrogen) atoms. The van der Waals surface area contributed by atoms with E-state index in [9.17, 15) is 14.0 Å². The topological polar surface area (TPSA) is 54.4 Å². The average molecular weight is 266 g/mol. The molecule has 0 heterocycles. The van der Waals surface area contributed by atoms with Crippen molar-refractivity contribution < 1.29 is 19.1 Å². The Kier molecular flexibility index (Phi) is 5.40. The molecule has 0 radical (unpaired) electrons. The predicted octanol–water partition coefficient (Wildman–Crippen LogP) is 2.08. The van der Waals surface area contributed by atoms with Crippen molar-refractivity contribution in [3.05, 3.63) is 35.1 Å². The molecule has 5 heteroatoms. The van der Waals surface area contributed by atoms with Crippen molar-refractivity contribution in [3.8, 4) is 11.8 Å². The number of benzene rings is 1. The molecule has 1 N–H and O–H groups in total. The second-order valence-electron chi connectivity index (χ2n) is 3.45. The van der Waals surface area contributed by atoms with Crippen LogP contribution in [0.4, 0.5) is 4.39 Å². The highest BCUT2D eigenvalue weighted by molar-refractivity contribution is 8.13. The summed E-state index contributed by atoms with van der Waals surface area (Å²) in [7, 11) is 0. The van der Waals surface area contributed by atoms with Gasteiger partial charge in [0.25, 0.3) is 0 Å². The van der Waals surface area contributed by atoms with E-state index in [0.717, 1.165) is 11.8 Å². The van der Waals surface area contributed by atoms with Crippen molar-refractivity contribution in [1.82, 2.24) is 0 Å². The number of aliphatic carboxylic acids is 1. The number of carbonyl (C=O) groups excluding carboxylic acids is 1. The Labute approximate surface area is 108 Å². The van der Waals surface area contributed by atoms with E-state index >= 15 is 0 Å². The van der Waals surface area contributed by atoms with Gasteiger partial charge in [0.2, 0.25) is 0 Å². The zero-order valence-corrected chi connectivity index (χ0v) is 10.5. The Morgan fingerprint density at radius 2 is 2.17 bits per heavy atom. The monoisotopic (exact) mass is 266 g/mol. The predicted molar refractivity (Wildman–Crippen MR) is 67.8 cm³/mol. The number of thioether (sulfide) groups is 1. The summed E-state index contributed by atoms with van der Waals surface area (Å²) in [5.74, 6) is 4.24. The summed E-state index contributed by atoms with van der Waals surface area (Å²) < 4.78 is 13.0. The van der Waals surface area contributed by atoms with E-state index < -0.39 is 11.8 Å². The quantitative estimate of drug-likeness (QED) is 0.851. The smallest absolute Gasteiger partial charge is 0.307 e. The average Bonchev–Trinajstić information content (AvgIpc) is 2.27. The van der Waals surface area contributed by atoms with Gasteiger partial charge in [0, 0.05) is 12.5 Å². The molecule has 1 rings (SSSR count). The third kappa shape index (κ3) is 5.02. The maximum absolute atomic E-state index is 13.0. The molecule has 0 amide bonds. The number of carboxylic acids is 1. The van der Waals surface area contributed by atoms with Gasteiger partial charge in [-0.3, -0.25) is 9.59 Å². The van der Waals surface area contributed by atoms with Gasteiger partial charge in [-0.15, -0.1) is 0 Å². The Morgan fingerprint density at radius 3 is 2.78 bits per heavy atom. The molecule has 1 aromatic carbocycles. The summed E-state index contributed by atoms with van der Waals surface area (Å²) in [6.45, 7) is 1.43. The highest BCUT2D eigenvalue weighted by Crippen LogP contribution is 2.11. The summed E-state index contributed by atoms with van der Waals surface area (Å²) in [6.07, 6.45) is -0.204. The van der Waals surface area contributed by atoms with Gasteiger partial charge in [0.1, 0.15) is 5.82 Å². The molecule has 0 bridgehead atoms. The fraction of sp³-hybridized carbons (Fsp3) is 0.231. The minimum atomic E-state index is -0.997. The number of carboxylic acid groups (broad SMARTS) is 1. The van der Waals surface area contributed by atoms with Gasteiger partial charge in [-0.25, -0.2) is 4.39 Å². The number of rotatable bonds is 3. The molecule has 94 valence electrons.